The molecular weight excluding hydrogens is 192 g/mol. The molecule has 0 aliphatic heterocycles. The lowest BCUT2D eigenvalue weighted by atomic mass is 9.93. The van der Waals surface area contributed by atoms with E-state index in [1.165, 1.54) is 0 Å². The maximum absolute atomic E-state index is 11.8. The second-order valence-corrected chi connectivity index (χ2v) is 4.61. The topological polar surface area (TPSA) is 40.6 Å². The van der Waals surface area contributed by atoms with Crippen molar-refractivity contribution in [1.29, 1.82) is 0 Å². The summed E-state index contributed by atoms with van der Waals surface area (Å²) < 4.78 is 0. The second kappa shape index (κ2) is 4.64. The average Bonchev–Trinajstić information content (AvgIpc) is 2.63. The summed E-state index contributed by atoms with van der Waals surface area (Å²) in [6.45, 7) is 0. The molecule has 0 heterocycles. The summed E-state index contributed by atoms with van der Waals surface area (Å²) in [5, 5.41) is 0. The Morgan fingerprint density at radius 2 is 1.20 bits per heavy atom. The molecule has 4 nitrogen and oxygen atoms in total. The number of amides is 2. The van der Waals surface area contributed by atoms with E-state index in [0.29, 0.717) is 0 Å². The van der Waals surface area contributed by atoms with Crippen LogP contribution in [0.5, 0.6) is 0 Å². The molecule has 1 fully saturated rings. The molecule has 0 aromatic heterocycles. The first-order valence-corrected chi connectivity index (χ1v) is 5.37. The number of carbonyl (C=O) groups excluding carboxylic acids is 2. The van der Waals surface area contributed by atoms with Crippen LogP contribution in [0.1, 0.15) is 19.3 Å². The highest BCUT2D eigenvalue weighted by Crippen LogP contribution is 2.33. The van der Waals surface area contributed by atoms with Gasteiger partial charge in [0.2, 0.25) is 11.8 Å². The molecule has 0 N–H and O–H groups in total. The van der Waals surface area contributed by atoms with Gasteiger partial charge >= 0.3 is 0 Å². The second-order valence-electron chi connectivity index (χ2n) is 4.61. The normalized spacial score (nSPS) is 25.1. The highest BCUT2D eigenvalue weighted by molar-refractivity contribution is 5.87. The Morgan fingerprint density at radius 3 is 1.47 bits per heavy atom. The smallest absolute Gasteiger partial charge is 0.225 e. The van der Waals surface area contributed by atoms with E-state index < -0.39 is 0 Å². The number of rotatable bonds is 2. The van der Waals surface area contributed by atoms with Crippen molar-refractivity contribution in [3.8, 4) is 0 Å². The van der Waals surface area contributed by atoms with Gasteiger partial charge in [-0.25, -0.2) is 0 Å². The van der Waals surface area contributed by atoms with Crippen molar-refractivity contribution in [2.45, 2.75) is 19.3 Å². The molecule has 0 saturated heterocycles. The lowest BCUT2D eigenvalue weighted by Crippen LogP contribution is -2.38. The molecule has 1 rings (SSSR count). The lowest BCUT2D eigenvalue weighted by molar-refractivity contribution is -0.142. The molecule has 2 atom stereocenters. The maximum Gasteiger partial charge on any atom is 0.225 e. The van der Waals surface area contributed by atoms with Gasteiger partial charge < -0.3 is 9.80 Å². The summed E-state index contributed by atoms with van der Waals surface area (Å²) >= 11 is 0. The van der Waals surface area contributed by atoms with Crippen molar-refractivity contribution >= 4 is 11.8 Å². The maximum atomic E-state index is 11.8. The molecule has 1 saturated carbocycles. The van der Waals surface area contributed by atoms with Crippen molar-refractivity contribution < 1.29 is 9.59 Å². The Balaban J connectivity index is 2.73. The summed E-state index contributed by atoms with van der Waals surface area (Å²) in [6.07, 6.45) is 2.68. The van der Waals surface area contributed by atoms with Crippen LogP contribution < -0.4 is 0 Å². The molecule has 4 heteroatoms. The number of hydrogen-bond acceptors (Lipinski definition) is 2. The van der Waals surface area contributed by atoms with Gasteiger partial charge in [0.1, 0.15) is 0 Å². The lowest BCUT2D eigenvalue weighted by Gasteiger charge is -2.24. The number of nitrogens with zero attached hydrogens (tertiary/aromatic N) is 2. The third kappa shape index (κ3) is 2.49. The van der Waals surface area contributed by atoms with Crippen molar-refractivity contribution in [1.82, 2.24) is 9.80 Å². The molecule has 0 aromatic carbocycles. The first-order valence-electron chi connectivity index (χ1n) is 5.37. The summed E-state index contributed by atoms with van der Waals surface area (Å²) in [5.41, 5.74) is 0. The first kappa shape index (κ1) is 12.0. The zero-order valence-corrected chi connectivity index (χ0v) is 9.99. The minimum absolute atomic E-state index is 0.0905. The summed E-state index contributed by atoms with van der Waals surface area (Å²) in [5.74, 6) is -0.0230. The number of carbonyl (C=O) groups is 2. The fourth-order valence-corrected chi connectivity index (χ4v) is 2.21. The van der Waals surface area contributed by atoms with E-state index in [9.17, 15) is 9.59 Å². The van der Waals surface area contributed by atoms with Gasteiger partial charge in [-0.3, -0.25) is 9.59 Å². The van der Waals surface area contributed by atoms with E-state index in [1.807, 2.05) is 0 Å². The number of hydrogen-bond donors (Lipinski definition) is 0. The standard InChI is InChI=1S/C11H20N2O2/c1-12(2)10(14)8-6-5-7-9(8)11(15)13(3)4/h8-9H,5-7H2,1-4H3. The van der Waals surface area contributed by atoms with Gasteiger partial charge in [-0.1, -0.05) is 6.42 Å². The van der Waals surface area contributed by atoms with Crippen LogP contribution in [0.25, 0.3) is 0 Å². The highest BCUT2D eigenvalue weighted by atomic mass is 16.2. The molecule has 2 amide bonds. The molecule has 0 aromatic rings. The van der Waals surface area contributed by atoms with Crippen LogP contribution in [0.15, 0.2) is 0 Å². The van der Waals surface area contributed by atoms with Gasteiger partial charge in [0.25, 0.3) is 0 Å². The van der Waals surface area contributed by atoms with Crippen LogP contribution >= 0.6 is 0 Å². The first-order chi connectivity index (χ1) is 6.95. The molecule has 0 spiro atoms. The van der Waals surface area contributed by atoms with E-state index in [2.05, 4.69) is 0 Å². The zero-order chi connectivity index (χ0) is 11.6. The van der Waals surface area contributed by atoms with Crippen molar-refractivity contribution in [2.24, 2.45) is 11.8 Å². The van der Waals surface area contributed by atoms with Gasteiger partial charge in [0, 0.05) is 40.0 Å². The minimum atomic E-state index is -0.102. The van der Waals surface area contributed by atoms with Crippen LogP contribution in [0.4, 0.5) is 0 Å². The summed E-state index contributed by atoms with van der Waals surface area (Å²) in [4.78, 5) is 26.9. The molecule has 86 valence electrons. The predicted molar refractivity (Wildman–Crippen MR) is 58.2 cm³/mol. The van der Waals surface area contributed by atoms with E-state index >= 15 is 0 Å². The third-order valence-electron chi connectivity index (χ3n) is 3.03. The Morgan fingerprint density at radius 1 is 0.867 bits per heavy atom. The van der Waals surface area contributed by atoms with Crippen molar-refractivity contribution in [3.63, 3.8) is 0 Å². The van der Waals surface area contributed by atoms with Crippen LogP contribution in [0.2, 0.25) is 0 Å². The Labute approximate surface area is 91.2 Å². The van der Waals surface area contributed by atoms with Crippen LogP contribution in [-0.2, 0) is 9.59 Å². The Bertz CT molecular complexity index is 235. The summed E-state index contributed by atoms with van der Waals surface area (Å²) in [7, 11) is 6.99. The molecule has 15 heavy (non-hydrogen) atoms. The quantitative estimate of drug-likeness (QED) is 0.672. The van der Waals surface area contributed by atoms with E-state index in [4.69, 9.17) is 0 Å². The SMILES string of the molecule is CN(C)C(=O)C1CCCC1C(=O)N(C)C. The highest BCUT2D eigenvalue weighted by Gasteiger charge is 2.38. The van der Waals surface area contributed by atoms with Gasteiger partial charge in [-0.2, -0.15) is 0 Å². The molecule has 0 bridgehead atoms. The molecule has 1 aliphatic carbocycles. The van der Waals surface area contributed by atoms with E-state index in [-0.39, 0.29) is 23.7 Å². The van der Waals surface area contributed by atoms with E-state index in [1.54, 1.807) is 38.0 Å². The van der Waals surface area contributed by atoms with Crippen molar-refractivity contribution in [3.05, 3.63) is 0 Å². The van der Waals surface area contributed by atoms with Gasteiger partial charge in [-0.05, 0) is 12.8 Å². The Hall–Kier alpha value is -1.06. The van der Waals surface area contributed by atoms with Gasteiger partial charge in [0.15, 0.2) is 0 Å². The fourth-order valence-electron chi connectivity index (χ4n) is 2.21. The summed E-state index contributed by atoms with van der Waals surface area (Å²) in [6, 6.07) is 0. The Kier molecular flexibility index (Phi) is 3.72. The van der Waals surface area contributed by atoms with Crippen LogP contribution in [-0.4, -0.2) is 49.8 Å². The molecular formula is C11H20N2O2. The fraction of sp³-hybridized carbons (Fsp3) is 0.818. The minimum Gasteiger partial charge on any atom is -0.349 e. The largest absolute Gasteiger partial charge is 0.349 e. The van der Waals surface area contributed by atoms with Crippen molar-refractivity contribution in [2.75, 3.05) is 28.2 Å². The van der Waals surface area contributed by atoms with E-state index in [0.717, 1.165) is 19.3 Å². The van der Waals surface area contributed by atoms with Crippen LogP contribution in [0.3, 0.4) is 0 Å². The monoisotopic (exact) mass is 212 g/mol. The molecule has 1 aliphatic rings. The molecule has 0 radical (unpaired) electrons. The van der Waals surface area contributed by atoms with Crippen LogP contribution in [0, 0.1) is 11.8 Å². The van der Waals surface area contributed by atoms with Gasteiger partial charge in [-0.15, -0.1) is 0 Å². The third-order valence-corrected chi connectivity index (χ3v) is 3.03. The zero-order valence-electron chi connectivity index (χ0n) is 9.99. The predicted octanol–water partition coefficient (Wildman–Crippen LogP) is 0.579. The molecule has 2 unspecified atom stereocenters. The van der Waals surface area contributed by atoms with Gasteiger partial charge in [0.05, 0.1) is 0 Å². The average molecular weight is 212 g/mol.